The number of alkyl halides is 3. The Morgan fingerprint density at radius 3 is 2.52 bits per heavy atom. The molecule has 0 aliphatic heterocycles. The van der Waals surface area contributed by atoms with Gasteiger partial charge in [-0.05, 0) is 13.8 Å². The van der Waals surface area contributed by atoms with E-state index in [1.807, 2.05) is 13.8 Å². The summed E-state index contributed by atoms with van der Waals surface area (Å²) in [5.74, 6) is 0.476. The van der Waals surface area contributed by atoms with Crippen molar-refractivity contribution in [1.82, 2.24) is 15.6 Å². The maximum Gasteiger partial charge on any atom is 0.434 e. The van der Waals surface area contributed by atoms with E-state index in [0.717, 1.165) is 16.7 Å². The summed E-state index contributed by atoms with van der Waals surface area (Å²) in [6, 6.07) is 0. The van der Waals surface area contributed by atoms with Crippen molar-refractivity contribution in [1.29, 1.82) is 0 Å². The van der Waals surface area contributed by atoms with E-state index < -0.39 is 11.9 Å². The van der Waals surface area contributed by atoms with Crippen LogP contribution in [0.2, 0.25) is 0 Å². The van der Waals surface area contributed by atoms with Gasteiger partial charge in [0.1, 0.15) is 5.01 Å². The Morgan fingerprint density at radius 1 is 1.38 bits per heavy atom. The summed E-state index contributed by atoms with van der Waals surface area (Å²) in [6.45, 7) is 4.50. The third-order valence-electron chi connectivity index (χ3n) is 2.71. The van der Waals surface area contributed by atoms with Crippen LogP contribution in [0.15, 0.2) is 10.4 Å². The van der Waals surface area contributed by atoms with E-state index in [-0.39, 0.29) is 12.1 Å². The fourth-order valence-corrected chi connectivity index (χ4v) is 2.01. The SMILES string of the molecule is CN=C(NCc1nc(C(F)(F)F)cs1)NCC(C)(C)OC. The largest absolute Gasteiger partial charge is 0.434 e. The minimum absolute atomic E-state index is 0.174. The second-order valence-electron chi connectivity index (χ2n) is 4.87. The first kappa shape index (κ1) is 17.7. The maximum absolute atomic E-state index is 12.4. The standard InChI is InChI=1S/C12H19F3N4OS/c1-11(2,20-4)7-18-10(16-3)17-5-9-19-8(6-21-9)12(13,14)15/h6H,5,7H2,1-4H3,(H2,16,17,18). The Morgan fingerprint density at radius 2 is 2.05 bits per heavy atom. The predicted molar refractivity (Wildman–Crippen MR) is 76.4 cm³/mol. The van der Waals surface area contributed by atoms with Gasteiger partial charge in [0.15, 0.2) is 11.7 Å². The predicted octanol–water partition coefficient (Wildman–Crippen LogP) is 2.25. The molecule has 0 saturated heterocycles. The Hall–Kier alpha value is -1.35. The molecule has 5 nitrogen and oxygen atoms in total. The summed E-state index contributed by atoms with van der Waals surface area (Å²) >= 11 is 0.956. The molecule has 1 heterocycles. The van der Waals surface area contributed by atoms with Crippen molar-refractivity contribution >= 4 is 17.3 Å². The number of halogens is 3. The number of ether oxygens (including phenoxy) is 1. The number of hydrogen-bond acceptors (Lipinski definition) is 4. The number of aliphatic imine (C=N–C) groups is 1. The van der Waals surface area contributed by atoms with Crippen molar-refractivity contribution < 1.29 is 17.9 Å². The van der Waals surface area contributed by atoms with Crippen LogP contribution >= 0.6 is 11.3 Å². The highest BCUT2D eigenvalue weighted by Crippen LogP contribution is 2.29. The van der Waals surface area contributed by atoms with Gasteiger partial charge in [-0.1, -0.05) is 0 Å². The first-order valence-corrected chi connectivity index (χ1v) is 7.07. The Labute approximate surface area is 125 Å². The smallest absolute Gasteiger partial charge is 0.377 e. The fraction of sp³-hybridized carbons (Fsp3) is 0.667. The molecule has 1 rings (SSSR count). The van der Waals surface area contributed by atoms with Crippen LogP contribution in [0.5, 0.6) is 0 Å². The lowest BCUT2D eigenvalue weighted by atomic mass is 10.1. The van der Waals surface area contributed by atoms with Crippen LogP contribution in [0.1, 0.15) is 24.5 Å². The van der Waals surface area contributed by atoms with E-state index in [1.54, 1.807) is 14.2 Å². The number of nitrogens with zero attached hydrogens (tertiary/aromatic N) is 2. The van der Waals surface area contributed by atoms with Crippen molar-refractivity contribution in [3.05, 3.63) is 16.1 Å². The first-order valence-electron chi connectivity index (χ1n) is 6.19. The first-order chi connectivity index (χ1) is 9.68. The van der Waals surface area contributed by atoms with Gasteiger partial charge in [-0.2, -0.15) is 13.2 Å². The van der Waals surface area contributed by atoms with E-state index in [1.165, 1.54) is 0 Å². The van der Waals surface area contributed by atoms with Gasteiger partial charge in [0.25, 0.3) is 0 Å². The van der Waals surface area contributed by atoms with Crippen LogP contribution in [-0.4, -0.2) is 37.2 Å². The van der Waals surface area contributed by atoms with E-state index in [2.05, 4.69) is 20.6 Å². The molecule has 1 aromatic heterocycles. The molecule has 1 aromatic rings. The fourth-order valence-electron chi connectivity index (χ4n) is 1.27. The Kier molecular flexibility index (Phi) is 5.97. The van der Waals surface area contributed by atoms with E-state index in [0.29, 0.717) is 17.5 Å². The molecule has 0 spiro atoms. The summed E-state index contributed by atoms with van der Waals surface area (Å²) in [5.41, 5.74) is -1.24. The lowest BCUT2D eigenvalue weighted by molar-refractivity contribution is -0.140. The van der Waals surface area contributed by atoms with E-state index in [4.69, 9.17) is 4.74 Å². The van der Waals surface area contributed by atoms with Gasteiger partial charge in [0.2, 0.25) is 0 Å². The quantitative estimate of drug-likeness (QED) is 0.644. The minimum Gasteiger partial charge on any atom is -0.377 e. The van der Waals surface area contributed by atoms with Crippen molar-refractivity contribution in [3.8, 4) is 0 Å². The molecule has 0 aliphatic carbocycles. The van der Waals surface area contributed by atoms with Crippen LogP contribution in [0.3, 0.4) is 0 Å². The average molecular weight is 324 g/mol. The zero-order valence-corrected chi connectivity index (χ0v) is 13.2. The molecule has 0 amide bonds. The average Bonchev–Trinajstić information content (AvgIpc) is 2.88. The number of hydrogen-bond donors (Lipinski definition) is 2. The van der Waals surface area contributed by atoms with Gasteiger partial charge in [-0.3, -0.25) is 4.99 Å². The van der Waals surface area contributed by atoms with Crippen LogP contribution < -0.4 is 10.6 Å². The van der Waals surface area contributed by atoms with Gasteiger partial charge in [0.05, 0.1) is 12.1 Å². The molecular weight excluding hydrogens is 305 g/mol. The van der Waals surface area contributed by atoms with Crippen molar-refractivity contribution in [2.75, 3.05) is 20.7 Å². The number of thiazole rings is 1. The molecule has 0 saturated carbocycles. The zero-order valence-electron chi connectivity index (χ0n) is 12.3. The second-order valence-corrected chi connectivity index (χ2v) is 5.81. The topological polar surface area (TPSA) is 58.5 Å². The second kappa shape index (κ2) is 7.08. The summed E-state index contributed by atoms with van der Waals surface area (Å²) in [5, 5.41) is 7.29. The molecule has 0 radical (unpaired) electrons. The molecule has 0 fully saturated rings. The monoisotopic (exact) mass is 324 g/mol. The molecule has 0 atom stereocenters. The molecule has 9 heteroatoms. The maximum atomic E-state index is 12.4. The van der Waals surface area contributed by atoms with Gasteiger partial charge in [-0.25, -0.2) is 4.98 Å². The van der Waals surface area contributed by atoms with Crippen LogP contribution in [-0.2, 0) is 17.5 Å². The normalized spacial score (nSPS) is 13.4. The van der Waals surface area contributed by atoms with Crippen molar-refractivity contribution in [3.63, 3.8) is 0 Å². The minimum atomic E-state index is -4.41. The van der Waals surface area contributed by atoms with Crippen LogP contribution in [0.25, 0.3) is 0 Å². The van der Waals surface area contributed by atoms with Gasteiger partial charge < -0.3 is 15.4 Å². The number of aromatic nitrogens is 1. The van der Waals surface area contributed by atoms with Crippen molar-refractivity contribution in [2.24, 2.45) is 4.99 Å². The molecule has 0 unspecified atom stereocenters. The Balaban J connectivity index is 2.51. The molecule has 0 aliphatic rings. The third kappa shape index (κ3) is 5.88. The summed E-state index contributed by atoms with van der Waals surface area (Å²) in [4.78, 5) is 7.53. The lowest BCUT2D eigenvalue weighted by Gasteiger charge is -2.24. The molecule has 2 N–H and O–H groups in total. The molecule has 120 valence electrons. The number of methoxy groups -OCH3 is 1. The molecule has 21 heavy (non-hydrogen) atoms. The van der Waals surface area contributed by atoms with E-state index in [9.17, 15) is 13.2 Å². The van der Waals surface area contributed by atoms with Gasteiger partial charge >= 0.3 is 6.18 Å². The zero-order chi connectivity index (χ0) is 16.1. The van der Waals surface area contributed by atoms with Gasteiger partial charge in [-0.15, -0.1) is 11.3 Å². The summed E-state index contributed by atoms with van der Waals surface area (Å²) < 4.78 is 42.5. The Bertz CT molecular complexity index is 485. The number of nitrogens with one attached hydrogen (secondary N) is 2. The molecule has 0 bridgehead atoms. The van der Waals surface area contributed by atoms with E-state index >= 15 is 0 Å². The lowest BCUT2D eigenvalue weighted by Crippen LogP contribution is -2.45. The third-order valence-corrected chi connectivity index (χ3v) is 3.56. The van der Waals surface area contributed by atoms with Crippen LogP contribution in [0.4, 0.5) is 13.2 Å². The van der Waals surface area contributed by atoms with Crippen molar-refractivity contribution in [2.45, 2.75) is 32.2 Å². The van der Waals surface area contributed by atoms with Gasteiger partial charge in [0, 0.05) is 26.1 Å². The molecular formula is C12H19F3N4OS. The number of rotatable bonds is 5. The molecule has 0 aromatic carbocycles. The summed E-state index contributed by atoms with van der Waals surface area (Å²) in [7, 11) is 3.18. The highest BCUT2D eigenvalue weighted by Gasteiger charge is 2.33. The highest BCUT2D eigenvalue weighted by atomic mass is 32.1. The highest BCUT2D eigenvalue weighted by molar-refractivity contribution is 7.09. The summed E-state index contributed by atoms with van der Waals surface area (Å²) in [6.07, 6.45) is -4.41. The van der Waals surface area contributed by atoms with Crippen LogP contribution in [0, 0.1) is 0 Å². The number of guanidine groups is 1.